The highest BCUT2D eigenvalue weighted by atomic mass is 28.4. The Hall–Kier alpha value is -0.583. The van der Waals surface area contributed by atoms with E-state index in [0.717, 1.165) is 0 Å². The molecule has 2 fully saturated rings. The number of ether oxygens (including phenoxy) is 3. The number of hydrogen-bond donors (Lipinski definition) is 1. The predicted molar refractivity (Wildman–Crippen MR) is 97.8 cm³/mol. The third kappa shape index (κ3) is 3.83. The average Bonchev–Trinajstić information content (AvgIpc) is 2.90. The van der Waals surface area contributed by atoms with Gasteiger partial charge in [0, 0.05) is 18.8 Å². The predicted octanol–water partition coefficient (Wildman–Crippen LogP) is 2.67. The van der Waals surface area contributed by atoms with Crippen LogP contribution in [0, 0.1) is 10.1 Å². The Bertz CT molecular complexity index is 558. The van der Waals surface area contributed by atoms with Crippen LogP contribution < -0.4 is 0 Å². The van der Waals surface area contributed by atoms with Gasteiger partial charge in [-0.2, -0.15) is 0 Å². The van der Waals surface area contributed by atoms with Crippen molar-refractivity contribution < 1.29 is 28.7 Å². The first kappa shape index (κ1) is 21.7. The van der Waals surface area contributed by atoms with Gasteiger partial charge in [0.1, 0.15) is 18.3 Å². The SMILES string of the molecule is CC1(C)O[C@@H]2[C@H](O1)[C@@H](O[Si](C)(C)C(C)(C)C)O[C@@H]2[C@H](O)C(C)(C)[N+](=O)[O-]. The fourth-order valence-electron chi connectivity index (χ4n) is 2.92. The van der Waals surface area contributed by atoms with Crippen LogP contribution in [0.1, 0.15) is 48.5 Å². The third-order valence-electron chi connectivity index (χ3n) is 5.77. The van der Waals surface area contributed by atoms with Crippen LogP contribution in [0.15, 0.2) is 0 Å². The summed E-state index contributed by atoms with van der Waals surface area (Å²) >= 11 is 0. The van der Waals surface area contributed by atoms with Gasteiger partial charge in [-0.25, -0.2) is 0 Å². The minimum atomic E-state index is -2.18. The molecule has 26 heavy (non-hydrogen) atoms. The van der Waals surface area contributed by atoms with Crippen LogP contribution in [0.4, 0.5) is 0 Å². The Kier molecular flexibility index (Phi) is 5.42. The summed E-state index contributed by atoms with van der Waals surface area (Å²) in [6, 6.07) is 0. The first-order valence-electron chi connectivity index (χ1n) is 9.01. The molecule has 2 saturated heterocycles. The van der Waals surface area contributed by atoms with E-state index in [9.17, 15) is 15.2 Å². The second-order valence-corrected chi connectivity index (χ2v) is 14.5. The number of nitrogens with zero attached hydrogens (tertiary/aromatic N) is 1. The van der Waals surface area contributed by atoms with Gasteiger partial charge in [0.25, 0.3) is 0 Å². The monoisotopic (exact) mass is 391 g/mol. The molecule has 8 nitrogen and oxygen atoms in total. The minimum absolute atomic E-state index is 0.0440. The average molecular weight is 392 g/mol. The zero-order valence-electron chi connectivity index (χ0n) is 17.2. The Labute approximate surface area is 156 Å². The third-order valence-corrected chi connectivity index (χ3v) is 10.2. The van der Waals surface area contributed by atoms with Crippen LogP contribution in [0.5, 0.6) is 0 Å². The van der Waals surface area contributed by atoms with E-state index in [1.165, 1.54) is 13.8 Å². The molecule has 2 aliphatic rings. The van der Waals surface area contributed by atoms with Crippen molar-refractivity contribution in [2.45, 2.75) is 109 Å². The van der Waals surface area contributed by atoms with E-state index in [1.54, 1.807) is 13.8 Å². The van der Waals surface area contributed by atoms with Gasteiger partial charge in [0.2, 0.25) is 5.54 Å². The fraction of sp³-hybridized carbons (Fsp3) is 1.00. The van der Waals surface area contributed by atoms with Crippen LogP contribution in [-0.4, -0.2) is 60.4 Å². The van der Waals surface area contributed by atoms with E-state index in [-0.39, 0.29) is 5.04 Å². The molecule has 152 valence electrons. The van der Waals surface area contributed by atoms with Gasteiger partial charge in [-0.15, -0.1) is 0 Å². The van der Waals surface area contributed by atoms with Crippen molar-refractivity contribution in [3.8, 4) is 0 Å². The van der Waals surface area contributed by atoms with Crippen LogP contribution in [0.2, 0.25) is 18.1 Å². The minimum Gasteiger partial charge on any atom is -0.390 e. The largest absolute Gasteiger partial charge is 0.390 e. The lowest BCUT2D eigenvalue weighted by atomic mass is 9.91. The molecule has 2 heterocycles. The molecular formula is C17H33NO7Si. The highest BCUT2D eigenvalue weighted by molar-refractivity contribution is 6.74. The smallest absolute Gasteiger partial charge is 0.244 e. The molecule has 0 aromatic heterocycles. The van der Waals surface area contributed by atoms with E-state index in [1.807, 2.05) is 0 Å². The summed E-state index contributed by atoms with van der Waals surface area (Å²) < 4.78 is 24.2. The van der Waals surface area contributed by atoms with Crippen LogP contribution in [0.3, 0.4) is 0 Å². The Morgan fingerprint density at radius 2 is 1.65 bits per heavy atom. The van der Waals surface area contributed by atoms with Crippen molar-refractivity contribution in [2.24, 2.45) is 0 Å². The Balaban J connectivity index is 2.29. The first-order chi connectivity index (χ1) is 11.5. The van der Waals surface area contributed by atoms with Crippen LogP contribution in [0.25, 0.3) is 0 Å². The molecule has 0 aromatic rings. The lowest BCUT2D eigenvalue weighted by Crippen LogP contribution is -2.54. The maximum Gasteiger partial charge on any atom is 0.244 e. The summed E-state index contributed by atoms with van der Waals surface area (Å²) in [6.45, 7) is 16.8. The molecule has 0 radical (unpaired) electrons. The standard InChI is InChI=1S/C17H33NO7Si/c1-15(2,3)26(8,9)25-14-12-10(23-17(6,7)24-12)11(22-14)13(19)16(4,5)18(20)21/h10-14,19H,1-9H3/t10-,11-,12-,13-,14+/m0/s1. The van der Waals surface area contributed by atoms with Crippen molar-refractivity contribution in [2.75, 3.05) is 0 Å². The lowest BCUT2D eigenvalue weighted by molar-refractivity contribution is -0.576. The van der Waals surface area contributed by atoms with Crippen molar-refractivity contribution in [3.05, 3.63) is 10.1 Å². The van der Waals surface area contributed by atoms with Gasteiger partial charge in [0.15, 0.2) is 26.5 Å². The highest BCUT2D eigenvalue weighted by Gasteiger charge is 2.62. The molecule has 5 atom stereocenters. The normalized spacial score (nSPS) is 33.2. The van der Waals surface area contributed by atoms with E-state index in [0.29, 0.717) is 0 Å². The quantitative estimate of drug-likeness (QED) is 0.437. The first-order valence-corrected chi connectivity index (χ1v) is 11.9. The van der Waals surface area contributed by atoms with Gasteiger partial charge in [-0.05, 0) is 32.0 Å². The van der Waals surface area contributed by atoms with Crippen LogP contribution in [-0.2, 0) is 18.6 Å². The molecule has 9 heteroatoms. The van der Waals surface area contributed by atoms with E-state index >= 15 is 0 Å². The second kappa shape index (κ2) is 6.49. The summed E-state index contributed by atoms with van der Waals surface area (Å²) in [6.07, 6.45) is -4.17. The van der Waals surface area contributed by atoms with E-state index < -0.39 is 55.3 Å². The molecular weight excluding hydrogens is 358 g/mol. The van der Waals surface area contributed by atoms with E-state index in [4.69, 9.17) is 18.6 Å². The summed E-state index contributed by atoms with van der Waals surface area (Å²) in [5.74, 6) is -0.870. The van der Waals surface area contributed by atoms with Gasteiger partial charge < -0.3 is 23.7 Å². The number of hydrogen-bond acceptors (Lipinski definition) is 7. The van der Waals surface area contributed by atoms with Crippen LogP contribution >= 0.6 is 0 Å². The molecule has 0 unspecified atom stereocenters. The fourth-order valence-corrected chi connectivity index (χ4v) is 4.04. The summed E-state index contributed by atoms with van der Waals surface area (Å²) in [5, 5.41) is 22.0. The van der Waals surface area contributed by atoms with Crippen molar-refractivity contribution in [1.82, 2.24) is 0 Å². The molecule has 1 N–H and O–H groups in total. The van der Waals surface area contributed by atoms with Crippen molar-refractivity contribution >= 4 is 8.32 Å². The Morgan fingerprint density at radius 3 is 2.12 bits per heavy atom. The topological polar surface area (TPSA) is 100 Å². The van der Waals surface area contributed by atoms with Gasteiger partial charge in [0.05, 0.1) is 0 Å². The number of fused-ring (bicyclic) bond motifs is 1. The molecule has 2 rings (SSSR count). The number of rotatable bonds is 5. The molecule has 0 aliphatic carbocycles. The van der Waals surface area contributed by atoms with Gasteiger partial charge in [-0.1, -0.05) is 20.8 Å². The molecule has 2 aliphatic heterocycles. The zero-order chi connectivity index (χ0) is 20.3. The summed E-state index contributed by atoms with van der Waals surface area (Å²) in [4.78, 5) is 10.9. The number of aliphatic hydroxyl groups is 1. The van der Waals surface area contributed by atoms with E-state index in [2.05, 4.69) is 33.9 Å². The molecule has 0 aromatic carbocycles. The molecule has 0 spiro atoms. The zero-order valence-corrected chi connectivity index (χ0v) is 18.2. The lowest BCUT2D eigenvalue weighted by Gasteiger charge is -2.39. The molecule has 0 bridgehead atoms. The maximum atomic E-state index is 11.4. The maximum absolute atomic E-state index is 11.4. The highest BCUT2D eigenvalue weighted by Crippen LogP contribution is 2.45. The number of aliphatic hydroxyl groups excluding tert-OH is 1. The molecule has 0 saturated carbocycles. The van der Waals surface area contributed by atoms with Crippen molar-refractivity contribution in [1.29, 1.82) is 0 Å². The summed E-state index contributed by atoms with van der Waals surface area (Å²) in [5.41, 5.74) is -1.59. The van der Waals surface area contributed by atoms with Gasteiger partial charge >= 0.3 is 0 Å². The summed E-state index contributed by atoms with van der Waals surface area (Å²) in [7, 11) is -2.18. The van der Waals surface area contributed by atoms with Crippen molar-refractivity contribution in [3.63, 3.8) is 0 Å². The number of nitro groups is 1. The molecule has 0 amide bonds. The van der Waals surface area contributed by atoms with Gasteiger partial charge in [-0.3, -0.25) is 10.1 Å². The Morgan fingerprint density at radius 1 is 1.15 bits per heavy atom. The second-order valence-electron chi connectivity index (χ2n) is 9.77.